The van der Waals surface area contributed by atoms with E-state index in [9.17, 15) is 8.42 Å². The summed E-state index contributed by atoms with van der Waals surface area (Å²) in [6, 6.07) is 5.68. The number of anilines is 2. The first-order valence-electron chi connectivity index (χ1n) is 8.16. The molecule has 0 saturated carbocycles. The van der Waals surface area contributed by atoms with Gasteiger partial charge in [-0.15, -0.1) is 0 Å². The van der Waals surface area contributed by atoms with Crippen molar-refractivity contribution in [1.29, 1.82) is 0 Å². The van der Waals surface area contributed by atoms with Crippen molar-refractivity contribution in [2.45, 2.75) is 50.0 Å². The standard InChI is InChI=1S/C16H25N3O2S/c1-13-6-2-3-11-19(13)15-8-7-14(17)12-16(15)22(20,21)18-9-4-5-10-18/h7-8,12-13H,2-6,9-11,17H2,1H3. The molecule has 0 amide bonds. The highest BCUT2D eigenvalue weighted by Crippen LogP contribution is 2.34. The van der Waals surface area contributed by atoms with Gasteiger partial charge < -0.3 is 10.6 Å². The number of hydrogen-bond acceptors (Lipinski definition) is 4. The van der Waals surface area contributed by atoms with Gasteiger partial charge in [-0.25, -0.2) is 8.42 Å². The van der Waals surface area contributed by atoms with Crippen molar-refractivity contribution < 1.29 is 8.42 Å². The molecule has 22 heavy (non-hydrogen) atoms. The minimum atomic E-state index is -3.45. The molecule has 2 saturated heterocycles. The predicted octanol–water partition coefficient (Wildman–Crippen LogP) is 2.43. The molecule has 2 heterocycles. The molecule has 0 spiro atoms. The lowest BCUT2D eigenvalue weighted by molar-refractivity contribution is 0.469. The molecule has 0 radical (unpaired) electrons. The van der Waals surface area contributed by atoms with Crippen molar-refractivity contribution in [2.24, 2.45) is 0 Å². The number of nitrogen functional groups attached to an aromatic ring is 1. The predicted molar refractivity (Wildman–Crippen MR) is 89.5 cm³/mol. The van der Waals surface area contributed by atoms with Gasteiger partial charge in [0.2, 0.25) is 10.0 Å². The average Bonchev–Trinajstić information content (AvgIpc) is 3.03. The Morgan fingerprint density at radius 2 is 1.77 bits per heavy atom. The SMILES string of the molecule is CC1CCCCN1c1ccc(N)cc1S(=O)(=O)N1CCCC1. The molecule has 1 aromatic carbocycles. The Labute approximate surface area is 133 Å². The zero-order valence-corrected chi connectivity index (χ0v) is 14.0. The van der Waals surface area contributed by atoms with Crippen LogP contribution in [0.5, 0.6) is 0 Å². The summed E-state index contributed by atoms with van der Waals surface area (Å²) in [6.07, 6.45) is 5.31. The van der Waals surface area contributed by atoms with E-state index in [0.29, 0.717) is 29.7 Å². The molecule has 5 nitrogen and oxygen atoms in total. The third-order valence-electron chi connectivity index (χ3n) is 4.78. The zero-order chi connectivity index (χ0) is 15.7. The molecule has 2 aliphatic rings. The van der Waals surface area contributed by atoms with Crippen LogP contribution in [0.3, 0.4) is 0 Å². The molecule has 1 unspecified atom stereocenters. The quantitative estimate of drug-likeness (QED) is 0.868. The molecule has 122 valence electrons. The Hall–Kier alpha value is -1.27. The summed E-state index contributed by atoms with van der Waals surface area (Å²) >= 11 is 0. The monoisotopic (exact) mass is 323 g/mol. The number of benzene rings is 1. The van der Waals surface area contributed by atoms with E-state index >= 15 is 0 Å². The second-order valence-electron chi connectivity index (χ2n) is 6.38. The van der Waals surface area contributed by atoms with E-state index in [1.807, 2.05) is 6.07 Å². The lowest BCUT2D eigenvalue weighted by Gasteiger charge is -2.37. The van der Waals surface area contributed by atoms with Crippen molar-refractivity contribution in [2.75, 3.05) is 30.3 Å². The molecule has 0 aromatic heterocycles. The van der Waals surface area contributed by atoms with Gasteiger partial charge in [0, 0.05) is 31.4 Å². The van der Waals surface area contributed by atoms with Crippen molar-refractivity contribution in [3.8, 4) is 0 Å². The Kier molecular flexibility index (Phi) is 4.32. The minimum Gasteiger partial charge on any atom is -0.399 e. The summed E-state index contributed by atoms with van der Waals surface area (Å²) in [4.78, 5) is 2.61. The fraction of sp³-hybridized carbons (Fsp3) is 0.625. The van der Waals surface area contributed by atoms with E-state index in [1.165, 1.54) is 6.42 Å². The molecule has 2 fully saturated rings. The zero-order valence-electron chi connectivity index (χ0n) is 13.2. The van der Waals surface area contributed by atoms with Crippen molar-refractivity contribution >= 4 is 21.4 Å². The number of hydrogen-bond donors (Lipinski definition) is 1. The van der Waals surface area contributed by atoms with E-state index in [4.69, 9.17) is 5.73 Å². The second kappa shape index (κ2) is 6.08. The van der Waals surface area contributed by atoms with E-state index in [1.54, 1.807) is 16.4 Å². The number of nitrogens with two attached hydrogens (primary N) is 1. The highest BCUT2D eigenvalue weighted by molar-refractivity contribution is 7.89. The summed E-state index contributed by atoms with van der Waals surface area (Å²) in [5, 5.41) is 0. The average molecular weight is 323 g/mol. The van der Waals surface area contributed by atoms with Gasteiger partial charge >= 0.3 is 0 Å². The first-order chi connectivity index (χ1) is 10.5. The van der Waals surface area contributed by atoms with Crippen LogP contribution in [0.1, 0.15) is 39.0 Å². The van der Waals surface area contributed by atoms with Gasteiger partial charge in [-0.05, 0) is 57.2 Å². The van der Waals surface area contributed by atoms with Crippen LogP contribution in [0.15, 0.2) is 23.1 Å². The molecule has 1 aromatic rings. The topological polar surface area (TPSA) is 66.6 Å². The number of sulfonamides is 1. The van der Waals surface area contributed by atoms with Crippen molar-refractivity contribution in [1.82, 2.24) is 4.31 Å². The van der Waals surface area contributed by atoms with Gasteiger partial charge in [-0.3, -0.25) is 0 Å². The number of piperidine rings is 1. The van der Waals surface area contributed by atoms with Crippen molar-refractivity contribution in [3.63, 3.8) is 0 Å². The van der Waals surface area contributed by atoms with Gasteiger partial charge in [-0.2, -0.15) is 4.31 Å². The first kappa shape index (κ1) is 15.6. The minimum absolute atomic E-state index is 0.366. The molecule has 1 atom stereocenters. The lowest BCUT2D eigenvalue weighted by atomic mass is 10.0. The molecular formula is C16H25N3O2S. The Balaban J connectivity index is 2.04. The smallest absolute Gasteiger partial charge is 0.245 e. The van der Waals surface area contributed by atoms with Crippen LogP contribution in [0.25, 0.3) is 0 Å². The lowest BCUT2D eigenvalue weighted by Crippen LogP contribution is -2.39. The third kappa shape index (κ3) is 2.82. The summed E-state index contributed by atoms with van der Waals surface area (Å²) in [5.74, 6) is 0. The summed E-state index contributed by atoms with van der Waals surface area (Å²) in [6.45, 7) is 4.31. The van der Waals surface area contributed by atoms with Crippen LogP contribution >= 0.6 is 0 Å². The maximum atomic E-state index is 13.0. The number of nitrogens with zero attached hydrogens (tertiary/aromatic N) is 2. The summed E-state index contributed by atoms with van der Waals surface area (Å²) in [7, 11) is -3.45. The molecule has 6 heteroatoms. The Morgan fingerprint density at radius 1 is 1.09 bits per heavy atom. The van der Waals surface area contributed by atoms with Gasteiger partial charge in [0.15, 0.2) is 0 Å². The summed E-state index contributed by atoms with van der Waals surface area (Å²) in [5.41, 5.74) is 7.20. The van der Waals surface area contributed by atoms with E-state index in [0.717, 1.165) is 37.9 Å². The third-order valence-corrected chi connectivity index (χ3v) is 6.71. The molecule has 0 aliphatic carbocycles. The molecule has 0 bridgehead atoms. The largest absolute Gasteiger partial charge is 0.399 e. The molecule has 3 rings (SSSR count). The summed E-state index contributed by atoms with van der Waals surface area (Å²) < 4.78 is 27.6. The number of rotatable bonds is 3. The Morgan fingerprint density at radius 3 is 2.45 bits per heavy atom. The maximum Gasteiger partial charge on any atom is 0.245 e. The fourth-order valence-electron chi connectivity index (χ4n) is 3.50. The fourth-order valence-corrected chi connectivity index (χ4v) is 5.25. The first-order valence-corrected chi connectivity index (χ1v) is 9.60. The van der Waals surface area contributed by atoms with E-state index < -0.39 is 10.0 Å². The van der Waals surface area contributed by atoms with Crippen LogP contribution in [0.4, 0.5) is 11.4 Å². The highest BCUT2D eigenvalue weighted by atomic mass is 32.2. The highest BCUT2D eigenvalue weighted by Gasteiger charge is 2.32. The van der Waals surface area contributed by atoms with Gasteiger partial charge in [0.25, 0.3) is 0 Å². The normalized spacial score (nSPS) is 23.9. The molecular weight excluding hydrogens is 298 g/mol. The van der Waals surface area contributed by atoms with Gasteiger partial charge in [0.1, 0.15) is 4.90 Å². The second-order valence-corrected chi connectivity index (χ2v) is 8.28. The van der Waals surface area contributed by atoms with Crippen LogP contribution in [0.2, 0.25) is 0 Å². The molecule has 2 aliphatic heterocycles. The van der Waals surface area contributed by atoms with Crippen molar-refractivity contribution in [3.05, 3.63) is 18.2 Å². The van der Waals surface area contributed by atoms with E-state index in [2.05, 4.69) is 11.8 Å². The maximum absolute atomic E-state index is 13.0. The van der Waals surface area contributed by atoms with Crippen LogP contribution < -0.4 is 10.6 Å². The Bertz CT molecular complexity index is 639. The molecule has 2 N–H and O–H groups in total. The van der Waals surface area contributed by atoms with E-state index in [-0.39, 0.29) is 0 Å². The van der Waals surface area contributed by atoms with Crippen LogP contribution in [-0.2, 0) is 10.0 Å². The van der Waals surface area contributed by atoms with Gasteiger partial charge in [0.05, 0.1) is 5.69 Å². The van der Waals surface area contributed by atoms with Gasteiger partial charge in [-0.1, -0.05) is 0 Å². The van der Waals surface area contributed by atoms with Crippen LogP contribution in [-0.4, -0.2) is 38.4 Å². The van der Waals surface area contributed by atoms with Crippen LogP contribution in [0, 0.1) is 0 Å².